The molecule has 1 atom stereocenters. The fourth-order valence-electron chi connectivity index (χ4n) is 3.14. The van der Waals surface area contributed by atoms with Crippen molar-refractivity contribution in [1.82, 2.24) is 10.3 Å². The van der Waals surface area contributed by atoms with Crippen molar-refractivity contribution in [3.05, 3.63) is 71.9 Å². The predicted molar refractivity (Wildman–Crippen MR) is 97.7 cm³/mol. The zero-order chi connectivity index (χ0) is 17.2. The Bertz CT molecular complexity index is 904. The van der Waals surface area contributed by atoms with E-state index in [-0.39, 0.29) is 11.9 Å². The summed E-state index contributed by atoms with van der Waals surface area (Å²) in [5, 5.41) is 4.13. The Balaban J connectivity index is 1.58. The lowest BCUT2D eigenvalue weighted by molar-refractivity contribution is 0.0927. The van der Waals surface area contributed by atoms with Crippen LogP contribution in [0.2, 0.25) is 0 Å². The van der Waals surface area contributed by atoms with Gasteiger partial charge in [0.2, 0.25) is 0 Å². The molecule has 1 aliphatic carbocycles. The number of methoxy groups -OCH3 is 1. The van der Waals surface area contributed by atoms with E-state index in [0.29, 0.717) is 11.6 Å². The van der Waals surface area contributed by atoms with Gasteiger partial charge in [0.1, 0.15) is 11.4 Å². The molecule has 0 bridgehead atoms. The van der Waals surface area contributed by atoms with Crippen LogP contribution in [0, 0.1) is 5.92 Å². The molecule has 1 aliphatic rings. The van der Waals surface area contributed by atoms with Crippen molar-refractivity contribution >= 4 is 16.8 Å². The summed E-state index contributed by atoms with van der Waals surface area (Å²) in [4.78, 5) is 17.2. The number of amides is 1. The Morgan fingerprint density at radius 2 is 1.92 bits per heavy atom. The maximum absolute atomic E-state index is 12.7. The summed E-state index contributed by atoms with van der Waals surface area (Å²) in [6, 6.07) is 19.6. The highest BCUT2D eigenvalue weighted by Gasteiger charge is 2.33. The van der Waals surface area contributed by atoms with Crippen LogP contribution in [-0.2, 0) is 0 Å². The number of nitrogens with one attached hydrogen (secondary N) is 1. The molecule has 0 spiro atoms. The van der Waals surface area contributed by atoms with Crippen LogP contribution in [0.5, 0.6) is 5.75 Å². The molecule has 1 fully saturated rings. The van der Waals surface area contributed by atoms with Gasteiger partial charge >= 0.3 is 0 Å². The van der Waals surface area contributed by atoms with Gasteiger partial charge in [-0.3, -0.25) is 4.79 Å². The summed E-state index contributed by atoms with van der Waals surface area (Å²) in [6.45, 7) is 0. The van der Waals surface area contributed by atoms with E-state index in [4.69, 9.17) is 4.74 Å². The third-order valence-electron chi connectivity index (χ3n) is 4.67. The Morgan fingerprint density at radius 3 is 2.64 bits per heavy atom. The zero-order valence-corrected chi connectivity index (χ0v) is 14.1. The predicted octanol–water partition coefficient (Wildman–Crippen LogP) is 4.12. The average Bonchev–Trinajstić information content (AvgIpc) is 3.50. The lowest BCUT2D eigenvalue weighted by Gasteiger charge is -2.18. The van der Waals surface area contributed by atoms with E-state index in [9.17, 15) is 4.79 Å². The largest absolute Gasteiger partial charge is 0.497 e. The average molecular weight is 332 g/mol. The number of fused-ring (bicyclic) bond motifs is 1. The van der Waals surface area contributed by atoms with Crippen LogP contribution in [0.15, 0.2) is 60.7 Å². The topological polar surface area (TPSA) is 51.2 Å². The molecular weight excluding hydrogens is 312 g/mol. The van der Waals surface area contributed by atoms with Gasteiger partial charge in [0.05, 0.1) is 18.7 Å². The molecule has 1 N–H and O–H groups in total. The molecule has 126 valence electrons. The van der Waals surface area contributed by atoms with Crippen molar-refractivity contribution < 1.29 is 9.53 Å². The van der Waals surface area contributed by atoms with Crippen LogP contribution in [0.25, 0.3) is 10.9 Å². The highest BCUT2D eigenvalue weighted by Crippen LogP contribution is 2.41. The Morgan fingerprint density at radius 1 is 1.12 bits per heavy atom. The first-order chi connectivity index (χ1) is 12.2. The first kappa shape index (κ1) is 15.6. The molecule has 2 aromatic carbocycles. The Labute approximate surface area is 146 Å². The van der Waals surface area contributed by atoms with Crippen molar-refractivity contribution in [2.45, 2.75) is 18.9 Å². The summed E-state index contributed by atoms with van der Waals surface area (Å²) in [5.74, 6) is 1.18. The van der Waals surface area contributed by atoms with Gasteiger partial charge in [-0.1, -0.05) is 36.4 Å². The molecule has 4 heteroatoms. The molecule has 1 amide bonds. The second kappa shape index (κ2) is 6.55. The molecule has 1 heterocycles. The van der Waals surface area contributed by atoms with Crippen LogP contribution in [0.1, 0.15) is 34.9 Å². The minimum Gasteiger partial charge on any atom is -0.497 e. The number of pyridine rings is 1. The molecule has 0 radical (unpaired) electrons. The standard InChI is InChI=1S/C21H20N2O2/c1-25-17-10-12-18-16(13-17)9-11-19(22-18)21(24)23-20(15-7-8-15)14-5-3-2-4-6-14/h2-6,9-13,15,20H,7-8H2,1H3,(H,23,24). The summed E-state index contributed by atoms with van der Waals surface area (Å²) in [5.41, 5.74) is 2.39. The van der Waals surface area contributed by atoms with Gasteiger partial charge < -0.3 is 10.1 Å². The van der Waals surface area contributed by atoms with Crippen molar-refractivity contribution in [2.75, 3.05) is 7.11 Å². The molecule has 4 nitrogen and oxygen atoms in total. The lowest BCUT2D eigenvalue weighted by Crippen LogP contribution is -2.30. The highest BCUT2D eigenvalue weighted by molar-refractivity contribution is 5.95. The van der Waals surface area contributed by atoms with Gasteiger partial charge in [-0.05, 0) is 48.6 Å². The van der Waals surface area contributed by atoms with Crippen molar-refractivity contribution in [1.29, 1.82) is 0 Å². The van der Waals surface area contributed by atoms with Crippen molar-refractivity contribution in [3.8, 4) is 5.75 Å². The number of aromatic nitrogens is 1. The number of hydrogen-bond donors (Lipinski definition) is 1. The number of hydrogen-bond acceptors (Lipinski definition) is 3. The smallest absolute Gasteiger partial charge is 0.270 e. The van der Waals surface area contributed by atoms with Gasteiger partial charge in [0, 0.05) is 5.39 Å². The molecule has 1 unspecified atom stereocenters. The van der Waals surface area contributed by atoms with E-state index in [0.717, 1.165) is 35.1 Å². The summed E-state index contributed by atoms with van der Waals surface area (Å²) < 4.78 is 5.23. The molecule has 1 saturated carbocycles. The molecule has 0 aliphatic heterocycles. The van der Waals surface area contributed by atoms with Crippen molar-refractivity contribution in [2.24, 2.45) is 5.92 Å². The van der Waals surface area contributed by atoms with Gasteiger partial charge in [-0.2, -0.15) is 0 Å². The molecule has 0 saturated heterocycles. The molecule has 4 rings (SSSR count). The number of carbonyl (C=O) groups excluding carboxylic acids is 1. The molecular formula is C21H20N2O2. The van der Waals surface area contributed by atoms with Crippen LogP contribution < -0.4 is 10.1 Å². The van der Waals surface area contributed by atoms with Crippen LogP contribution in [-0.4, -0.2) is 18.0 Å². The zero-order valence-electron chi connectivity index (χ0n) is 14.1. The van der Waals surface area contributed by atoms with E-state index < -0.39 is 0 Å². The normalized spacial score (nSPS) is 14.9. The highest BCUT2D eigenvalue weighted by atomic mass is 16.5. The second-order valence-electron chi connectivity index (χ2n) is 6.45. The second-order valence-corrected chi connectivity index (χ2v) is 6.45. The van der Waals surface area contributed by atoms with Gasteiger partial charge in [-0.25, -0.2) is 4.98 Å². The van der Waals surface area contributed by atoms with Crippen LogP contribution in [0.3, 0.4) is 0 Å². The van der Waals surface area contributed by atoms with E-state index in [2.05, 4.69) is 22.4 Å². The third kappa shape index (κ3) is 3.33. The maximum atomic E-state index is 12.7. The minimum atomic E-state index is -0.126. The van der Waals surface area contributed by atoms with Crippen LogP contribution >= 0.6 is 0 Å². The quantitative estimate of drug-likeness (QED) is 0.764. The first-order valence-corrected chi connectivity index (χ1v) is 8.55. The number of carbonyl (C=O) groups is 1. The van der Waals surface area contributed by atoms with E-state index in [1.807, 2.05) is 42.5 Å². The Kier molecular flexibility index (Phi) is 4.10. The fraction of sp³-hybridized carbons (Fsp3) is 0.238. The number of nitrogens with zero attached hydrogens (tertiary/aromatic N) is 1. The van der Waals surface area contributed by atoms with E-state index in [1.54, 1.807) is 13.2 Å². The van der Waals surface area contributed by atoms with Gasteiger partial charge in [0.15, 0.2) is 0 Å². The lowest BCUT2D eigenvalue weighted by atomic mass is 10.0. The number of ether oxygens (including phenoxy) is 1. The monoisotopic (exact) mass is 332 g/mol. The Hall–Kier alpha value is -2.88. The fourth-order valence-corrected chi connectivity index (χ4v) is 3.14. The third-order valence-corrected chi connectivity index (χ3v) is 4.67. The molecule has 1 aromatic heterocycles. The maximum Gasteiger partial charge on any atom is 0.270 e. The minimum absolute atomic E-state index is 0.0575. The number of benzene rings is 2. The summed E-state index contributed by atoms with van der Waals surface area (Å²) >= 11 is 0. The summed E-state index contributed by atoms with van der Waals surface area (Å²) in [7, 11) is 1.64. The van der Waals surface area contributed by atoms with Crippen LogP contribution in [0.4, 0.5) is 0 Å². The van der Waals surface area contributed by atoms with E-state index in [1.165, 1.54) is 0 Å². The first-order valence-electron chi connectivity index (χ1n) is 8.55. The van der Waals surface area contributed by atoms with Crippen molar-refractivity contribution in [3.63, 3.8) is 0 Å². The SMILES string of the molecule is COc1ccc2nc(C(=O)NC(c3ccccc3)C3CC3)ccc2c1. The van der Waals surface area contributed by atoms with E-state index >= 15 is 0 Å². The van der Waals surface area contributed by atoms with Gasteiger partial charge in [-0.15, -0.1) is 0 Å². The molecule has 3 aromatic rings. The summed E-state index contributed by atoms with van der Waals surface area (Å²) in [6.07, 6.45) is 2.32. The number of rotatable bonds is 5. The van der Waals surface area contributed by atoms with Gasteiger partial charge in [0.25, 0.3) is 5.91 Å². The molecule has 25 heavy (non-hydrogen) atoms.